The number of fused-ring (bicyclic) bond motifs is 14. The SMILES string of the molecule is CC(C)(C)c1ccc2c(c1)c1c(N(c3ccccc3)c3c(-c4ccccc4)ccc4occc34)ccc3c4cc5c(cc4n2c31)c1ccc(N(c2ccccc2)c2c(-c3ccccc3)ccc3occc23)c2c3cc(C(C)(C)C)ccc3n5c12. The van der Waals surface area contributed by atoms with Crippen molar-refractivity contribution in [3.05, 3.63) is 254 Å². The molecule has 6 nitrogen and oxygen atoms in total. The number of hydrogen-bond donors (Lipinski definition) is 0. The minimum atomic E-state index is -0.0864. The molecule has 6 heteroatoms. The lowest BCUT2D eigenvalue weighted by Gasteiger charge is -2.29. The van der Waals surface area contributed by atoms with Crippen LogP contribution >= 0.6 is 0 Å². The first-order valence-corrected chi connectivity index (χ1v) is 29.2. The standard InChI is InChI=1S/C78H58N4O2/c1-77(2,3)49-27-33-63-61(43-49)71-65(79(51-23-15-9-16-24-51)73-53(47-19-11-7-12-20-47)31-37-69-57(73)39-41-83-69)35-29-55-59-46-68-60(45-67(59)81(63)75(55)71)56-30-36-66(72-62-44-50(78(4,5)6)28-34-64(62)82(68)76(56)72)80(52-25-17-10-18-26-52)74-54(48-21-13-8-14-22-48)32-38-70-58(74)40-42-84-70/h7-46H,1-6H3. The number of rotatable bonds is 8. The summed E-state index contributed by atoms with van der Waals surface area (Å²) in [5.74, 6) is 0. The van der Waals surface area contributed by atoms with Gasteiger partial charge in [0.15, 0.2) is 0 Å². The molecule has 0 saturated carbocycles. The van der Waals surface area contributed by atoms with Crippen LogP contribution in [0.25, 0.3) is 120 Å². The van der Waals surface area contributed by atoms with Crippen molar-refractivity contribution in [2.45, 2.75) is 52.4 Å². The number of nitrogens with zero attached hydrogens (tertiary/aromatic N) is 4. The monoisotopic (exact) mass is 1080 g/mol. The molecule has 0 aliphatic carbocycles. The van der Waals surface area contributed by atoms with Gasteiger partial charge in [0.05, 0.1) is 68.4 Å². The molecule has 11 aromatic carbocycles. The van der Waals surface area contributed by atoms with Crippen LogP contribution in [0.2, 0.25) is 0 Å². The van der Waals surface area contributed by atoms with E-state index in [1.807, 2.05) is 12.5 Å². The Morgan fingerprint density at radius 2 is 0.714 bits per heavy atom. The van der Waals surface area contributed by atoms with Crippen molar-refractivity contribution in [1.82, 2.24) is 8.80 Å². The topological polar surface area (TPSA) is 41.6 Å². The van der Waals surface area contributed by atoms with Crippen LogP contribution in [0.15, 0.2) is 252 Å². The van der Waals surface area contributed by atoms with Crippen LogP contribution in [0.4, 0.5) is 34.1 Å². The van der Waals surface area contributed by atoms with Crippen LogP contribution in [-0.2, 0) is 10.8 Å². The minimum Gasteiger partial charge on any atom is -0.464 e. The largest absolute Gasteiger partial charge is 0.464 e. The smallest absolute Gasteiger partial charge is 0.136 e. The summed E-state index contributed by atoms with van der Waals surface area (Å²) >= 11 is 0. The average Bonchev–Trinajstić information content (AvgIpc) is 1.55. The van der Waals surface area contributed by atoms with Gasteiger partial charge in [-0.2, -0.15) is 0 Å². The Bertz CT molecular complexity index is 5100. The van der Waals surface area contributed by atoms with Crippen molar-refractivity contribution >= 4 is 132 Å². The molecular weight excluding hydrogens is 1020 g/mol. The first-order chi connectivity index (χ1) is 41.0. The maximum Gasteiger partial charge on any atom is 0.136 e. The summed E-state index contributed by atoms with van der Waals surface area (Å²) < 4.78 is 17.6. The molecule has 0 unspecified atom stereocenters. The van der Waals surface area contributed by atoms with Gasteiger partial charge >= 0.3 is 0 Å². The van der Waals surface area contributed by atoms with E-state index in [2.05, 4.69) is 291 Å². The molecule has 0 saturated heterocycles. The Hall–Kier alpha value is -10.3. The molecule has 6 heterocycles. The van der Waals surface area contributed by atoms with Crippen molar-refractivity contribution in [3.8, 4) is 22.3 Å². The minimum absolute atomic E-state index is 0.0864. The molecule has 0 N–H and O–H groups in total. The molecule has 0 radical (unpaired) electrons. The highest BCUT2D eigenvalue weighted by atomic mass is 16.3. The quantitative estimate of drug-likeness (QED) is 0.152. The Balaban J connectivity index is 0.990. The predicted octanol–water partition coefficient (Wildman–Crippen LogP) is 22.3. The van der Waals surface area contributed by atoms with Gasteiger partial charge in [-0.05, 0) is 142 Å². The molecule has 0 aliphatic rings. The summed E-state index contributed by atoms with van der Waals surface area (Å²) in [7, 11) is 0. The molecule has 0 spiro atoms. The van der Waals surface area contributed by atoms with Crippen molar-refractivity contribution in [3.63, 3.8) is 0 Å². The van der Waals surface area contributed by atoms with Gasteiger partial charge in [0.25, 0.3) is 0 Å². The van der Waals surface area contributed by atoms with E-state index in [-0.39, 0.29) is 10.8 Å². The Morgan fingerprint density at radius 3 is 1.11 bits per heavy atom. The predicted molar refractivity (Wildman–Crippen MR) is 353 cm³/mol. The molecule has 0 aliphatic heterocycles. The maximum absolute atomic E-state index is 6.24. The highest BCUT2D eigenvalue weighted by Gasteiger charge is 2.32. The van der Waals surface area contributed by atoms with Crippen molar-refractivity contribution < 1.29 is 8.83 Å². The average molecular weight is 1080 g/mol. The molecule has 0 atom stereocenters. The van der Waals surface area contributed by atoms with Crippen molar-refractivity contribution in [1.29, 1.82) is 0 Å². The zero-order valence-corrected chi connectivity index (χ0v) is 47.7. The fraction of sp³-hybridized carbons (Fsp3) is 0.103. The van der Waals surface area contributed by atoms with Crippen LogP contribution < -0.4 is 9.80 Å². The summed E-state index contributed by atoms with van der Waals surface area (Å²) in [6, 6.07) is 85.2. The molecule has 0 bridgehead atoms. The lowest BCUT2D eigenvalue weighted by atomic mass is 9.86. The normalized spacial score (nSPS) is 12.6. The van der Waals surface area contributed by atoms with Crippen molar-refractivity contribution in [2.24, 2.45) is 0 Å². The van der Waals surface area contributed by atoms with Gasteiger partial charge in [-0.15, -0.1) is 0 Å². The van der Waals surface area contributed by atoms with E-state index in [1.54, 1.807) is 0 Å². The third-order valence-corrected chi connectivity index (χ3v) is 18.0. The lowest BCUT2D eigenvalue weighted by molar-refractivity contribution is 0.591. The van der Waals surface area contributed by atoms with Crippen LogP contribution in [-0.4, -0.2) is 8.80 Å². The Kier molecular flexibility index (Phi) is 10.1. The van der Waals surface area contributed by atoms with Gasteiger partial charge in [-0.25, -0.2) is 0 Å². The van der Waals surface area contributed by atoms with E-state index in [1.165, 1.54) is 87.3 Å². The number of para-hydroxylation sites is 2. The van der Waals surface area contributed by atoms with E-state index in [4.69, 9.17) is 8.83 Å². The molecule has 17 aromatic rings. The van der Waals surface area contributed by atoms with E-state index in [0.717, 1.165) is 78.3 Å². The summed E-state index contributed by atoms with van der Waals surface area (Å²) in [4.78, 5) is 4.99. The van der Waals surface area contributed by atoms with E-state index >= 15 is 0 Å². The third-order valence-electron chi connectivity index (χ3n) is 18.0. The molecule has 6 aromatic heterocycles. The summed E-state index contributed by atoms with van der Waals surface area (Å²) in [5.41, 5.74) is 22.3. The first-order valence-electron chi connectivity index (χ1n) is 29.2. The van der Waals surface area contributed by atoms with Gasteiger partial charge in [-0.3, -0.25) is 0 Å². The van der Waals surface area contributed by atoms with Crippen molar-refractivity contribution in [2.75, 3.05) is 9.80 Å². The van der Waals surface area contributed by atoms with Crippen LogP contribution in [0.1, 0.15) is 52.7 Å². The van der Waals surface area contributed by atoms with Gasteiger partial charge in [0.1, 0.15) is 11.2 Å². The number of benzene rings is 11. The molecule has 402 valence electrons. The summed E-state index contributed by atoms with van der Waals surface area (Å²) in [6.45, 7) is 13.9. The van der Waals surface area contributed by atoms with Gasteiger partial charge in [0, 0.05) is 76.4 Å². The second-order valence-corrected chi connectivity index (χ2v) is 24.9. The molecule has 84 heavy (non-hydrogen) atoms. The molecule has 0 amide bonds. The highest BCUT2D eigenvalue weighted by Crippen LogP contribution is 2.55. The molecular formula is C78H58N4O2. The van der Waals surface area contributed by atoms with Gasteiger partial charge in [-0.1, -0.05) is 163 Å². The zero-order chi connectivity index (χ0) is 56.3. The zero-order valence-electron chi connectivity index (χ0n) is 47.7. The molecule has 0 fully saturated rings. The maximum atomic E-state index is 6.24. The van der Waals surface area contributed by atoms with E-state index in [9.17, 15) is 0 Å². The number of aromatic nitrogens is 2. The third kappa shape index (κ3) is 6.91. The summed E-state index contributed by atoms with van der Waals surface area (Å²) in [6.07, 6.45) is 3.65. The second kappa shape index (κ2) is 17.6. The first kappa shape index (κ1) is 48.4. The van der Waals surface area contributed by atoms with E-state index < -0.39 is 0 Å². The van der Waals surface area contributed by atoms with Crippen LogP contribution in [0.5, 0.6) is 0 Å². The lowest BCUT2D eigenvalue weighted by Crippen LogP contribution is -2.12. The fourth-order valence-electron chi connectivity index (χ4n) is 14.1. The molecule has 17 rings (SSSR count). The van der Waals surface area contributed by atoms with E-state index in [0.29, 0.717) is 0 Å². The highest BCUT2D eigenvalue weighted by molar-refractivity contribution is 6.33. The number of anilines is 6. The van der Waals surface area contributed by atoms with Gasteiger partial charge in [0.2, 0.25) is 0 Å². The number of hydrogen-bond acceptors (Lipinski definition) is 4. The Labute approximate surface area is 485 Å². The summed E-state index contributed by atoms with van der Waals surface area (Å²) in [5, 5.41) is 11.8. The second-order valence-electron chi connectivity index (χ2n) is 24.9. The Morgan fingerprint density at radius 1 is 0.321 bits per heavy atom. The van der Waals surface area contributed by atoms with Crippen LogP contribution in [0, 0.1) is 0 Å². The fourth-order valence-corrected chi connectivity index (χ4v) is 14.1. The number of furan rings is 2. The van der Waals surface area contributed by atoms with Crippen LogP contribution in [0.3, 0.4) is 0 Å². The van der Waals surface area contributed by atoms with Gasteiger partial charge < -0.3 is 27.4 Å².